The van der Waals surface area contributed by atoms with Gasteiger partial charge in [0.1, 0.15) is 5.82 Å². The van der Waals surface area contributed by atoms with E-state index in [1.54, 1.807) is 18.2 Å². The molecule has 0 bridgehead atoms. The molecular formula is C20H24FN3O. The molecular weight excluding hydrogens is 317 g/mol. The van der Waals surface area contributed by atoms with Gasteiger partial charge in [0, 0.05) is 31.0 Å². The van der Waals surface area contributed by atoms with Crippen LogP contribution in [0.2, 0.25) is 0 Å². The molecule has 0 aliphatic carbocycles. The summed E-state index contributed by atoms with van der Waals surface area (Å²) in [6.45, 7) is 3.98. The van der Waals surface area contributed by atoms with E-state index in [-0.39, 0.29) is 24.3 Å². The standard InChI is InChI=1S/C20H24FN3O/c1-15(20(25)23-13-18-4-2-3-5-19(18)21)24-11-8-17(14-24)12-16-6-9-22-10-7-16/h2-7,9-10,15,17H,8,11-14H2,1H3,(H,23,25)/t15-,17+/m1/s1. The van der Waals surface area contributed by atoms with E-state index in [1.807, 2.05) is 31.5 Å². The number of hydrogen-bond donors (Lipinski definition) is 1. The molecule has 5 heteroatoms. The van der Waals surface area contributed by atoms with Crippen LogP contribution in [0.25, 0.3) is 0 Å². The minimum atomic E-state index is -0.283. The van der Waals surface area contributed by atoms with Crippen LogP contribution in [-0.4, -0.2) is 34.9 Å². The molecule has 132 valence electrons. The van der Waals surface area contributed by atoms with Crippen molar-refractivity contribution in [2.75, 3.05) is 13.1 Å². The first-order chi connectivity index (χ1) is 12.1. The second-order valence-corrected chi connectivity index (χ2v) is 6.69. The smallest absolute Gasteiger partial charge is 0.237 e. The fourth-order valence-corrected chi connectivity index (χ4v) is 3.37. The SMILES string of the molecule is C[C@H](C(=O)NCc1ccccc1F)N1CC[C@@H](Cc2ccncc2)C1. The normalized spacial score (nSPS) is 18.9. The van der Waals surface area contributed by atoms with Gasteiger partial charge >= 0.3 is 0 Å². The third kappa shape index (κ3) is 4.63. The van der Waals surface area contributed by atoms with Crippen molar-refractivity contribution in [2.45, 2.75) is 32.4 Å². The third-order valence-corrected chi connectivity index (χ3v) is 4.93. The topological polar surface area (TPSA) is 45.2 Å². The van der Waals surface area contributed by atoms with Crippen molar-refractivity contribution in [2.24, 2.45) is 5.92 Å². The number of nitrogens with one attached hydrogen (secondary N) is 1. The van der Waals surface area contributed by atoms with Crippen molar-refractivity contribution >= 4 is 5.91 Å². The van der Waals surface area contributed by atoms with E-state index in [4.69, 9.17) is 0 Å². The molecule has 1 aliphatic rings. The van der Waals surface area contributed by atoms with Gasteiger partial charge in [0.05, 0.1) is 6.04 Å². The Morgan fingerprint density at radius 3 is 2.84 bits per heavy atom. The molecule has 0 spiro atoms. The molecule has 4 nitrogen and oxygen atoms in total. The molecule has 1 fully saturated rings. The maximum absolute atomic E-state index is 13.6. The highest BCUT2D eigenvalue weighted by atomic mass is 19.1. The number of carbonyl (C=O) groups excluding carboxylic acids is 1. The monoisotopic (exact) mass is 341 g/mol. The molecule has 2 heterocycles. The van der Waals surface area contributed by atoms with Crippen LogP contribution in [0.3, 0.4) is 0 Å². The van der Waals surface area contributed by atoms with Gasteiger partial charge in [-0.05, 0) is 56.0 Å². The molecule has 3 rings (SSSR count). The van der Waals surface area contributed by atoms with Crippen LogP contribution in [0, 0.1) is 11.7 Å². The first-order valence-electron chi connectivity index (χ1n) is 8.77. The predicted octanol–water partition coefficient (Wildman–Crippen LogP) is 2.79. The number of benzene rings is 1. The van der Waals surface area contributed by atoms with E-state index in [9.17, 15) is 9.18 Å². The Morgan fingerprint density at radius 1 is 1.32 bits per heavy atom. The van der Waals surface area contributed by atoms with Gasteiger partial charge in [-0.15, -0.1) is 0 Å². The summed E-state index contributed by atoms with van der Waals surface area (Å²) < 4.78 is 13.6. The van der Waals surface area contributed by atoms with Gasteiger partial charge in [-0.1, -0.05) is 18.2 Å². The van der Waals surface area contributed by atoms with Crippen molar-refractivity contribution in [3.63, 3.8) is 0 Å². The first-order valence-corrected chi connectivity index (χ1v) is 8.77. The molecule has 0 unspecified atom stereocenters. The maximum Gasteiger partial charge on any atom is 0.237 e. The summed E-state index contributed by atoms with van der Waals surface area (Å²) in [5.41, 5.74) is 1.80. The van der Waals surface area contributed by atoms with Gasteiger partial charge < -0.3 is 5.32 Å². The van der Waals surface area contributed by atoms with Crippen molar-refractivity contribution in [3.05, 3.63) is 65.7 Å². The lowest BCUT2D eigenvalue weighted by Crippen LogP contribution is -2.44. The zero-order chi connectivity index (χ0) is 17.6. The first kappa shape index (κ1) is 17.5. The summed E-state index contributed by atoms with van der Waals surface area (Å²) in [6.07, 6.45) is 5.75. The van der Waals surface area contributed by atoms with Crippen LogP contribution in [0.5, 0.6) is 0 Å². The van der Waals surface area contributed by atoms with Gasteiger partial charge in [0.25, 0.3) is 0 Å². The number of aromatic nitrogens is 1. The Balaban J connectivity index is 1.48. The number of rotatable bonds is 6. The summed E-state index contributed by atoms with van der Waals surface area (Å²) in [5.74, 6) is 0.228. The van der Waals surface area contributed by atoms with Crippen LogP contribution in [0.15, 0.2) is 48.8 Å². The molecule has 0 saturated carbocycles. The van der Waals surface area contributed by atoms with Crippen LogP contribution in [-0.2, 0) is 17.8 Å². The van der Waals surface area contributed by atoms with Crippen LogP contribution < -0.4 is 5.32 Å². The fraction of sp³-hybridized carbons (Fsp3) is 0.400. The number of hydrogen-bond acceptors (Lipinski definition) is 3. The number of nitrogens with zero attached hydrogens (tertiary/aromatic N) is 2. The van der Waals surface area contributed by atoms with E-state index in [2.05, 4.69) is 15.2 Å². The highest BCUT2D eigenvalue weighted by Gasteiger charge is 2.29. The molecule has 1 N–H and O–H groups in total. The molecule has 1 aromatic carbocycles. The van der Waals surface area contributed by atoms with Gasteiger partial charge in [0.2, 0.25) is 5.91 Å². The molecule has 1 amide bonds. The lowest BCUT2D eigenvalue weighted by Gasteiger charge is -2.23. The maximum atomic E-state index is 13.6. The molecule has 2 aromatic rings. The molecule has 25 heavy (non-hydrogen) atoms. The van der Waals surface area contributed by atoms with Gasteiger partial charge in [-0.2, -0.15) is 0 Å². The molecule has 2 atom stereocenters. The van der Waals surface area contributed by atoms with Crippen molar-refractivity contribution in [1.29, 1.82) is 0 Å². The number of halogens is 1. The number of carbonyl (C=O) groups is 1. The lowest BCUT2D eigenvalue weighted by molar-refractivity contribution is -0.125. The Hall–Kier alpha value is -2.27. The highest BCUT2D eigenvalue weighted by Crippen LogP contribution is 2.22. The van der Waals surface area contributed by atoms with E-state index >= 15 is 0 Å². The third-order valence-electron chi connectivity index (χ3n) is 4.93. The zero-order valence-electron chi connectivity index (χ0n) is 14.5. The van der Waals surface area contributed by atoms with Crippen molar-refractivity contribution in [1.82, 2.24) is 15.2 Å². The second-order valence-electron chi connectivity index (χ2n) is 6.69. The summed E-state index contributed by atoms with van der Waals surface area (Å²) >= 11 is 0. The van der Waals surface area contributed by atoms with E-state index in [0.717, 1.165) is 25.9 Å². The molecule has 1 aromatic heterocycles. The summed E-state index contributed by atoms with van der Waals surface area (Å²) in [6, 6.07) is 10.4. The van der Waals surface area contributed by atoms with Gasteiger partial charge in [0.15, 0.2) is 0 Å². The Bertz CT molecular complexity index is 707. The van der Waals surface area contributed by atoms with Crippen molar-refractivity contribution in [3.8, 4) is 0 Å². The summed E-state index contributed by atoms with van der Waals surface area (Å²) in [7, 11) is 0. The average Bonchev–Trinajstić information content (AvgIpc) is 3.09. The van der Waals surface area contributed by atoms with Crippen LogP contribution in [0.1, 0.15) is 24.5 Å². The van der Waals surface area contributed by atoms with Gasteiger partial charge in [-0.25, -0.2) is 4.39 Å². The summed E-state index contributed by atoms with van der Waals surface area (Å²) in [5, 5.41) is 2.85. The van der Waals surface area contributed by atoms with Crippen LogP contribution in [0.4, 0.5) is 4.39 Å². The minimum absolute atomic E-state index is 0.0483. The Morgan fingerprint density at radius 2 is 2.08 bits per heavy atom. The second kappa shape index (κ2) is 8.21. The van der Waals surface area contributed by atoms with E-state index < -0.39 is 0 Å². The van der Waals surface area contributed by atoms with Crippen molar-refractivity contribution < 1.29 is 9.18 Å². The fourth-order valence-electron chi connectivity index (χ4n) is 3.37. The number of likely N-dealkylation sites (tertiary alicyclic amines) is 1. The molecule has 0 radical (unpaired) electrons. The Kier molecular flexibility index (Phi) is 5.76. The Labute approximate surface area is 148 Å². The summed E-state index contributed by atoms with van der Waals surface area (Å²) in [4.78, 5) is 18.7. The van der Waals surface area contributed by atoms with E-state index in [1.165, 1.54) is 11.6 Å². The molecule has 1 saturated heterocycles. The number of amides is 1. The quantitative estimate of drug-likeness (QED) is 0.879. The van der Waals surface area contributed by atoms with Gasteiger partial charge in [-0.3, -0.25) is 14.7 Å². The average molecular weight is 341 g/mol. The predicted molar refractivity (Wildman–Crippen MR) is 95.3 cm³/mol. The lowest BCUT2D eigenvalue weighted by atomic mass is 10.00. The highest BCUT2D eigenvalue weighted by molar-refractivity contribution is 5.81. The van der Waals surface area contributed by atoms with E-state index in [0.29, 0.717) is 11.5 Å². The number of pyridine rings is 1. The van der Waals surface area contributed by atoms with Crippen LogP contribution >= 0.6 is 0 Å². The molecule has 1 aliphatic heterocycles. The minimum Gasteiger partial charge on any atom is -0.351 e. The largest absolute Gasteiger partial charge is 0.351 e. The zero-order valence-corrected chi connectivity index (χ0v) is 14.5.